The van der Waals surface area contributed by atoms with Crippen LogP contribution in [0.1, 0.15) is 38.8 Å². The molecule has 6 heteroatoms. The van der Waals surface area contributed by atoms with Crippen LogP contribution in [-0.4, -0.2) is 34.1 Å². The zero-order valence-corrected chi connectivity index (χ0v) is 12.2. The number of aromatic nitrogens is 2. The summed E-state index contributed by atoms with van der Waals surface area (Å²) in [5, 5.41) is 11.9. The molecule has 0 aromatic carbocycles. The Labute approximate surface area is 119 Å². The van der Waals surface area contributed by atoms with Crippen molar-refractivity contribution in [2.24, 2.45) is 22.7 Å². The standard InChI is InChI=1S/C14H23N5O/c1-10(2)11-4-3-8-19(9-5-11)14-12(13(15)18-20)16-6-7-17-14/h6-7,10-11,20H,3-5,8-9H2,1-2H3,(H2,15,18). The van der Waals surface area contributed by atoms with E-state index < -0.39 is 0 Å². The highest BCUT2D eigenvalue weighted by atomic mass is 16.4. The fourth-order valence-electron chi connectivity index (χ4n) is 2.79. The minimum atomic E-state index is 0.0118. The second-order valence-corrected chi connectivity index (χ2v) is 5.64. The van der Waals surface area contributed by atoms with Crippen molar-refractivity contribution in [2.45, 2.75) is 33.1 Å². The predicted octanol–water partition coefficient (Wildman–Crippen LogP) is 1.83. The number of oxime groups is 1. The number of nitrogens with zero attached hydrogens (tertiary/aromatic N) is 4. The number of nitrogens with two attached hydrogens (primary N) is 1. The van der Waals surface area contributed by atoms with Crippen molar-refractivity contribution in [1.82, 2.24) is 9.97 Å². The maximum Gasteiger partial charge on any atom is 0.192 e. The Morgan fingerprint density at radius 3 is 2.80 bits per heavy atom. The van der Waals surface area contributed by atoms with Crippen LogP contribution in [0.25, 0.3) is 0 Å². The van der Waals surface area contributed by atoms with Gasteiger partial charge in [-0.1, -0.05) is 19.0 Å². The van der Waals surface area contributed by atoms with Crippen LogP contribution in [0.15, 0.2) is 17.5 Å². The number of hydrogen-bond acceptors (Lipinski definition) is 5. The lowest BCUT2D eigenvalue weighted by molar-refractivity contribution is 0.318. The van der Waals surface area contributed by atoms with Gasteiger partial charge in [0.1, 0.15) is 0 Å². The molecule has 0 aliphatic carbocycles. The van der Waals surface area contributed by atoms with Crippen molar-refractivity contribution >= 4 is 11.7 Å². The Bertz CT molecular complexity index is 474. The third kappa shape index (κ3) is 3.18. The van der Waals surface area contributed by atoms with Crippen molar-refractivity contribution in [3.8, 4) is 0 Å². The van der Waals surface area contributed by atoms with E-state index in [9.17, 15) is 0 Å². The number of amidine groups is 1. The van der Waals surface area contributed by atoms with E-state index in [4.69, 9.17) is 10.9 Å². The van der Waals surface area contributed by atoms with Crippen LogP contribution >= 0.6 is 0 Å². The fourth-order valence-corrected chi connectivity index (χ4v) is 2.79. The lowest BCUT2D eigenvalue weighted by atomic mass is 9.89. The average Bonchev–Trinajstić information content (AvgIpc) is 2.72. The third-order valence-corrected chi connectivity index (χ3v) is 4.04. The molecule has 6 nitrogen and oxygen atoms in total. The van der Waals surface area contributed by atoms with Gasteiger partial charge in [0.15, 0.2) is 17.3 Å². The van der Waals surface area contributed by atoms with E-state index in [1.54, 1.807) is 12.4 Å². The molecular formula is C14H23N5O. The van der Waals surface area contributed by atoms with Gasteiger partial charge in [-0.25, -0.2) is 9.97 Å². The smallest absolute Gasteiger partial charge is 0.192 e. The van der Waals surface area contributed by atoms with Gasteiger partial charge in [0.05, 0.1) is 0 Å². The maximum absolute atomic E-state index is 8.86. The van der Waals surface area contributed by atoms with Crippen molar-refractivity contribution in [3.05, 3.63) is 18.1 Å². The second-order valence-electron chi connectivity index (χ2n) is 5.64. The quantitative estimate of drug-likeness (QED) is 0.381. The SMILES string of the molecule is CC(C)C1CCCN(c2nccnc2C(N)=NO)CC1. The molecule has 0 saturated carbocycles. The molecule has 110 valence electrons. The summed E-state index contributed by atoms with van der Waals surface area (Å²) in [5.41, 5.74) is 6.14. The van der Waals surface area contributed by atoms with Crippen molar-refractivity contribution < 1.29 is 5.21 Å². The first kappa shape index (κ1) is 14.6. The van der Waals surface area contributed by atoms with Crippen LogP contribution in [0, 0.1) is 11.8 Å². The van der Waals surface area contributed by atoms with E-state index in [1.165, 1.54) is 6.42 Å². The van der Waals surface area contributed by atoms with Gasteiger partial charge in [-0.3, -0.25) is 0 Å². The molecule has 2 heterocycles. The first-order valence-electron chi connectivity index (χ1n) is 7.17. The summed E-state index contributed by atoms with van der Waals surface area (Å²) in [4.78, 5) is 10.8. The van der Waals surface area contributed by atoms with Crippen LogP contribution in [0.3, 0.4) is 0 Å². The lowest BCUT2D eigenvalue weighted by Gasteiger charge is -2.23. The van der Waals surface area contributed by atoms with Gasteiger partial charge in [0.2, 0.25) is 0 Å². The van der Waals surface area contributed by atoms with Gasteiger partial charge in [-0.05, 0) is 31.1 Å². The van der Waals surface area contributed by atoms with Gasteiger partial charge in [0, 0.05) is 25.5 Å². The van der Waals surface area contributed by atoms with Crippen molar-refractivity contribution in [2.75, 3.05) is 18.0 Å². The summed E-state index contributed by atoms with van der Waals surface area (Å²) in [6, 6.07) is 0. The Morgan fingerprint density at radius 2 is 2.10 bits per heavy atom. The minimum Gasteiger partial charge on any atom is -0.409 e. The highest BCUT2D eigenvalue weighted by Crippen LogP contribution is 2.27. The Morgan fingerprint density at radius 1 is 1.35 bits per heavy atom. The second kappa shape index (κ2) is 6.54. The highest BCUT2D eigenvalue weighted by Gasteiger charge is 2.23. The van der Waals surface area contributed by atoms with E-state index >= 15 is 0 Å². The molecule has 1 atom stereocenters. The van der Waals surface area contributed by atoms with E-state index in [0.717, 1.165) is 31.8 Å². The predicted molar refractivity (Wildman–Crippen MR) is 78.9 cm³/mol. The summed E-state index contributed by atoms with van der Waals surface area (Å²) in [6.45, 7) is 6.44. The molecule has 1 aliphatic heterocycles. The minimum absolute atomic E-state index is 0.0118. The molecule has 0 radical (unpaired) electrons. The molecule has 0 bridgehead atoms. The van der Waals surface area contributed by atoms with Gasteiger partial charge in [0.25, 0.3) is 0 Å². The van der Waals surface area contributed by atoms with Gasteiger partial charge >= 0.3 is 0 Å². The Kier molecular flexibility index (Phi) is 4.76. The molecule has 1 unspecified atom stereocenters. The van der Waals surface area contributed by atoms with Crippen LogP contribution < -0.4 is 10.6 Å². The molecule has 1 fully saturated rings. The molecule has 1 saturated heterocycles. The molecule has 0 amide bonds. The van der Waals surface area contributed by atoms with E-state index in [-0.39, 0.29) is 5.84 Å². The van der Waals surface area contributed by atoms with E-state index in [1.807, 2.05) is 0 Å². The summed E-state index contributed by atoms with van der Waals surface area (Å²) in [7, 11) is 0. The van der Waals surface area contributed by atoms with Crippen molar-refractivity contribution in [1.29, 1.82) is 0 Å². The zero-order chi connectivity index (χ0) is 14.5. The maximum atomic E-state index is 8.86. The van der Waals surface area contributed by atoms with E-state index in [2.05, 4.69) is 33.9 Å². The number of hydrogen-bond donors (Lipinski definition) is 2. The molecule has 2 rings (SSSR count). The summed E-state index contributed by atoms with van der Waals surface area (Å²) in [5.74, 6) is 2.19. The lowest BCUT2D eigenvalue weighted by Crippen LogP contribution is -2.29. The number of rotatable bonds is 3. The summed E-state index contributed by atoms with van der Waals surface area (Å²) < 4.78 is 0. The largest absolute Gasteiger partial charge is 0.409 e. The van der Waals surface area contributed by atoms with Crippen LogP contribution in [0.5, 0.6) is 0 Å². The zero-order valence-electron chi connectivity index (χ0n) is 12.2. The Balaban J connectivity index is 2.20. The number of anilines is 1. The molecule has 0 spiro atoms. The molecule has 3 N–H and O–H groups in total. The highest BCUT2D eigenvalue weighted by molar-refractivity contribution is 5.99. The normalized spacial score (nSPS) is 21.1. The van der Waals surface area contributed by atoms with Gasteiger partial charge < -0.3 is 15.8 Å². The first-order chi connectivity index (χ1) is 9.63. The van der Waals surface area contributed by atoms with E-state index in [0.29, 0.717) is 17.4 Å². The summed E-state index contributed by atoms with van der Waals surface area (Å²) in [6.07, 6.45) is 6.73. The Hall–Kier alpha value is -1.85. The molecule has 20 heavy (non-hydrogen) atoms. The molecule has 1 aliphatic rings. The average molecular weight is 277 g/mol. The van der Waals surface area contributed by atoms with Crippen LogP contribution in [0.2, 0.25) is 0 Å². The van der Waals surface area contributed by atoms with Crippen LogP contribution in [-0.2, 0) is 0 Å². The summed E-state index contributed by atoms with van der Waals surface area (Å²) >= 11 is 0. The molecular weight excluding hydrogens is 254 g/mol. The van der Waals surface area contributed by atoms with Crippen LogP contribution in [0.4, 0.5) is 5.82 Å². The topological polar surface area (TPSA) is 87.6 Å². The molecule has 1 aromatic rings. The third-order valence-electron chi connectivity index (χ3n) is 4.04. The van der Waals surface area contributed by atoms with Gasteiger partial charge in [-0.2, -0.15) is 0 Å². The first-order valence-corrected chi connectivity index (χ1v) is 7.17. The fraction of sp³-hybridized carbons (Fsp3) is 0.643. The van der Waals surface area contributed by atoms with Crippen molar-refractivity contribution in [3.63, 3.8) is 0 Å². The van der Waals surface area contributed by atoms with Gasteiger partial charge in [-0.15, -0.1) is 0 Å². The molecule has 1 aromatic heterocycles. The monoisotopic (exact) mass is 277 g/mol.